The van der Waals surface area contributed by atoms with Gasteiger partial charge in [-0.3, -0.25) is 10.1 Å². The van der Waals surface area contributed by atoms with E-state index >= 15 is 0 Å². The molecule has 2 N–H and O–H groups in total. The molecule has 152 valence electrons. The van der Waals surface area contributed by atoms with Crippen molar-refractivity contribution in [2.45, 2.75) is 44.8 Å². The first kappa shape index (κ1) is 21.3. The molecular weight excluding hydrogens is 374 g/mol. The molecule has 1 saturated carbocycles. The molecule has 1 aliphatic carbocycles. The first-order valence-corrected chi connectivity index (χ1v) is 8.92. The van der Waals surface area contributed by atoms with Crippen LogP contribution in [-0.4, -0.2) is 37.2 Å². The molecule has 0 aliphatic heterocycles. The number of carbonyl (C=O) groups is 3. The molecule has 0 bridgehead atoms. The SMILES string of the molecule is O=C(COC(=O)/C=C/c1ccc(OC(F)F)cc1)NC(=O)NC1CCCCC1. The summed E-state index contributed by atoms with van der Waals surface area (Å²) in [6.07, 6.45) is 7.49. The lowest BCUT2D eigenvalue weighted by molar-refractivity contribution is -0.143. The van der Waals surface area contributed by atoms with E-state index in [-0.39, 0.29) is 11.8 Å². The molecule has 1 aromatic rings. The van der Waals surface area contributed by atoms with Crippen molar-refractivity contribution in [3.05, 3.63) is 35.9 Å². The van der Waals surface area contributed by atoms with E-state index in [0.717, 1.165) is 38.2 Å². The van der Waals surface area contributed by atoms with Gasteiger partial charge < -0.3 is 14.8 Å². The molecule has 3 amide bonds. The van der Waals surface area contributed by atoms with Crippen LogP contribution in [-0.2, 0) is 14.3 Å². The van der Waals surface area contributed by atoms with Gasteiger partial charge in [-0.05, 0) is 36.6 Å². The summed E-state index contributed by atoms with van der Waals surface area (Å²) in [4.78, 5) is 35.0. The number of nitrogens with one attached hydrogen (secondary N) is 2. The van der Waals surface area contributed by atoms with Gasteiger partial charge in [0.1, 0.15) is 5.75 Å². The first-order valence-electron chi connectivity index (χ1n) is 8.92. The van der Waals surface area contributed by atoms with Gasteiger partial charge >= 0.3 is 18.6 Å². The number of imide groups is 1. The Morgan fingerprint density at radius 1 is 1.11 bits per heavy atom. The van der Waals surface area contributed by atoms with E-state index < -0.39 is 31.1 Å². The van der Waals surface area contributed by atoms with Crippen LogP contribution in [0.4, 0.5) is 13.6 Å². The molecule has 7 nitrogen and oxygen atoms in total. The zero-order chi connectivity index (χ0) is 20.4. The molecule has 9 heteroatoms. The zero-order valence-corrected chi connectivity index (χ0v) is 15.2. The lowest BCUT2D eigenvalue weighted by Crippen LogP contribution is -2.46. The lowest BCUT2D eigenvalue weighted by Gasteiger charge is -2.22. The van der Waals surface area contributed by atoms with Gasteiger partial charge in [-0.1, -0.05) is 31.4 Å². The van der Waals surface area contributed by atoms with Crippen LogP contribution in [0, 0.1) is 0 Å². The highest BCUT2D eigenvalue weighted by Gasteiger charge is 2.17. The number of carbonyl (C=O) groups excluding carboxylic acids is 3. The Labute approximate surface area is 161 Å². The second kappa shape index (κ2) is 11.0. The minimum Gasteiger partial charge on any atom is -0.452 e. The topological polar surface area (TPSA) is 93.7 Å². The highest BCUT2D eigenvalue weighted by Crippen LogP contribution is 2.17. The quantitative estimate of drug-likeness (QED) is 0.546. The maximum atomic E-state index is 12.1. The fourth-order valence-corrected chi connectivity index (χ4v) is 2.74. The van der Waals surface area contributed by atoms with Crippen molar-refractivity contribution in [2.24, 2.45) is 0 Å². The Morgan fingerprint density at radius 2 is 1.79 bits per heavy atom. The van der Waals surface area contributed by atoms with E-state index in [0.29, 0.717) is 5.56 Å². The van der Waals surface area contributed by atoms with E-state index in [2.05, 4.69) is 15.4 Å². The normalized spacial score (nSPS) is 14.7. The predicted octanol–water partition coefficient (Wildman–Crippen LogP) is 3.00. The molecule has 0 radical (unpaired) electrons. The third kappa shape index (κ3) is 8.15. The van der Waals surface area contributed by atoms with Crippen LogP contribution < -0.4 is 15.4 Å². The van der Waals surface area contributed by atoms with Crippen molar-refractivity contribution in [3.8, 4) is 5.75 Å². The fourth-order valence-electron chi connectivity index (χ4n) is 2.74. The molecule has 0 unspecified atom stereocenters. The van der Waals surface area contributed by atoms with Crippen molar-refractivity contribution in [1.29, 1.82) is 0 Å². The molecule has 0 saturated heterocycles. The Hall–Kier alpha value is -2.97. The number of amides is 3. The van der Waals surface area contributed by atoms with Crippen molar-refractivity contribution in [3.63, 3.8) is 0 Å². The molecule has 2 rings (SSSR count). The average Bonchev–Trinajstić information content (AvgIpc) is 2.66. The van der Waals surface area contributed by atoms with Crippen LogP contribution in [0.3, 0.4) is 0 Å². The third-order valence-electron chi connectivity index (χ3n) is 4.06. The van der Waals surface area contributed by atoms with E-state index in [1.54, 1.807) is 0 Å². The van der Waals surface area contributed by atoms with Gasteiger partial charge in [-0.2, -0.15) is 8.78 Å². The molecule has 0 spiro atoms. The summed E-state index contributed by atoms with van der Waals surface area (Å²) in [5.41, 5.74) is 0.551. The zero-order valence-electron chi connectivity index (χ0n) is 15.2. The number of hydrogen-bond acceptors (Lipinski definition) is 5. The Bertz CT molecular complexity index is 701. The summed E-state index contributed by atoms with van der Waals surface area (Å²) in [7, 11) is 0. The first-order chi connectivity index (χ1) is 13.4. The van der Waals surface area contributed by atoms with Crippen LogP contribution >= 0.6 is 0 Å². The van der Waals surface area contributed by atoms with Crippen molar-refractivity contribution in [1.82, 2.24) is 10.6 Å². The summed E-state index contributed by atoms with van der Waals surface area (Å²) in [6.45, 7) is -3.50. The van der Waals surface area contributed by atoms with Gasteiger partial charge in [-0.25, -0.2) is 9.59 Å². The Morgan fingerprint density at radius 3 is 2.43 bits per heavy atom. The molecule has 0 aromatic heterocycles. The number of rotatable bonds is 7. The maximum absolute atomic E-state index is 12.1. The molecular formula is C19H22F2N2O5. The number of alkyl halides is 2. The second-order valence-electron chi connectivity index (χ2n) is 6.25. The summed E-state index contributed by atoms with van der Waals surface area (Å²) in [5, 5.41) is 4.83. The fraction of sp³-hybridized carbons (Fsp3) is 0.421. The second-order valence-corrected chi connectivity index (χ2v) is 6.25. The number of halogens is 2. The number of hydrogen-bond donors (Lipinski definition) is 2. The summed E-state index contributed by atoms with van der Waals surface area (Å²) < 4.78 is 33.1. The molecule has 28 heavy (non-hydrogen) atoms. The summed E-state index contributed by atoms with van der Waals surface area (Å²) in [5.74, 6) is -1.52. The van der Waals surface area contributed by atoms with Crippen molar-refractivity contribution in [2.75, 3.05) is 6.61 Å². The maximum Gasteiger partial charge on any atom is 0.387 e. The average molecular weight is 396 g/mol. The van der Waals surface area contributed by atoms with Gasteiger partial charge in [0.25, 0.3) is 5.91 Å². The van der Waals surface area contributed by atoms with Gasteiger partial charge in [0.2, 0.25) is 0 Å². The monoisotopic (exact) mass is 396 g/mol. The number of esters is 1. The highest BCUT2D eigenvalue weighted by atomic mass is 19.3. The van der Waals surface area contributed by atoms with Gasteiger partial charge in [0.15, 0.2) is 6.61 Å². The van der Waals surface area contributed by atoms with Crippen molar-refractivity contribution >= 4 is 24.0 Å². The van der Waals surface area contributed by atoms with Crippen LogP contribution in [0.1, 0.15) is 37.7 Å². The minimum absolute atomic E-state index is 0.00194. The van der Waals surface area contributed by atoms with Crippen LogP contribution in [0.2, 0.25) is 0 Å². The van der Waals surface area contributed by atoms with E-state index in [4.69, 9.17) is 4.74 Å². The van der Waals surface area contributed by atoms with E-state index in [1.165, 1.54) is 30.3 Å². The van der Waals surface area contributed by atoms with Gasteiger partial charge in [0, 0.05) is 12.1 Å². The predicted molar refractivity (Wildman–Crippen MR) is 96.6 cm³/mol. The Kier molecular flexibility index (Phi) is 8.38. The summed E-state index contributed by atoms with van der Waals surface area (Å²) in [6, 6.07) is 5.07. The Balaban J connectivity index is 1.68. The minimum atomic E-state index is -2.91. The molecule has 0 atom stereocenters. The molecule has 1 fully saturated rings. The number of ether oxygens (including phenoxy) is 2. The largest absolute Gasteiger partial charge is 0.452 e. The smallest absolute Gasteiger partial charge is 0.387 e. The van der Waals surface area contributed by atoms with Gasteiger partial charge in [0.05, 0.1) is 0 Å². The van der Waals surface area contributed by atoms with Gasteiger partial charge in [-0.15, -0.1) is 0 Å². The van der Waals surface area contributed by atoms with Crippen LogP contribution in [0.25, 0.3) is 6.08 Å². The lowest BCUT2D eigenvalue weighted by atomic mass is 9.96. The molecule has 1 aromatic carbocycles. The molecule has 0 heterocycles. The third-order valence-corrected chi connectivity index (χ3v) is 4.06. The van der Waals surface area contributed by atoms with Crippen LogP contribution in [0.15, 0.2) is 30.3 Å². The number of urea groups is 1. The van der Waals surface area contributed by atoms with Crippen LogP contribution in [0.5, 0.6) is 5.75 Å². The highest BCUT2D eigenvalue weighted by molar-refractivity contribution is 5.96. The molecule has 1 aliphatic rings. The summed E-state index contributed by atoms with van der Waals surface area (Å²) >= 11 is 0. The van der Waals surface area contributed by atoms with Crippen molar-refractivity contribution < 1.29 is 32.6 Å². The number of benzene rings is 1. The standard InChI is InChI=1S/C19H22F2N2O5/c20-18(21)28-15-9-6-13(7-10-15)8-11-17(25)27-12-16(24)23-19(26)22-14-4-2-1-3-5-14/h6-11,14,18H,1-5,12H2,(H2,22,23,24,26)/b11-8+. The van der Waals surface area contributed by atoms with E-state index in [9.17, 15) is 23.2 Å². The van der Waals surface area contributed by atoms with E-state index in [1.807, 2.05) is 0 Å².